The number of nitrogens with two attached hydrogens (primary N) is 1. The molecule has 5 heteroatoms. The molecule has 0 bridgehead atoms. The second kappa shape index (κ2) is 4.64. The molecule has 0 saturated heterocycles. The van der Waals surface area contributed by atoms with E-state index in [9.17, 15) is 13.5 Å². The zero-order chi connectivity index (χ0) is 13.4. The molecule has 1 aromatic carbocycles. The number of rotatable bonds is 4. The third kappa shape index (κ3) is 2.30. The summed E-state index contributed by atoms with van der Waals surface area (Å²) < 4.78 is 22.7. The van der Waals surface area contributed by atoms with E-state index in [0.29, 0.717) is 4.90 Å². The van der Waals surface area contributed by atoms with Gasteiger partial charge in [-0.05, 0) is 30.5 Å². The summed E-state index contributed by atoms with van der Waals surface area (Å²) in [6.07, 6.45) is 4.13. The molecular weight excluding hydrogens is 250 g/mol. The summed E-state index contributed by atoms with van der Waals surface area (Å²) >= 11 is 0. The zero-order valence-electron chi connectivity index (χ0n) is 10.5. The fourth-order valence-electron chi connectivity index (χ4n) is 2.47. The largest absolute Gasteiger partial charge is 0.396 e. The van der Waals surface area contributed by atoms with Crippen LogP contribution in [0.25, 0.3) is 0 Å². The van der Waals surface area contributed by atoms with Crippen molar-refractivity contribution >= 4 is 9.84 Å². The second-order valence-corrected chi connectivity index (χ2v) is 7.21. The maximum absolute atomic E-state index is 11.4. The Labute approximate surface area is 108 Å². The Kier molecular flexibility index (Phi) is 3.49. The van der Waals surface area contributed by atoms with Gasteiger partial charge in [0.25, 0.3) is 0 Å². The van der Waals surface area contributed by atoms with Crippen molar-refractivity contribution in [1.82, 2.24) is 0 Å². The summed E-state index contributed by atoms with van der Waals surface area (Å²) in [5.74, 6) is 0. The van der Waals surface area contributed by atoms with E-state index in [1.165, 1.54) is 6.26 Å². The Hall–Kier alpha value is -0.910. The number of sulfone groups is 1. The van der Waals surface area contributed by atoms with Crippen LogP contribution in [-0.2, 0) is 9.84 Å². The van der Waals surface area contributed by atoms with E-state index >= 15 is 0 Å². The highest BCUT2D eigenvalue weighted by molar-refractivity contribution is 7.90. The molecule has 1 fully saturated rings. The van der Waals surface area contributed by atoms with Crippen molar-refractivity contribution in [2.24, 2.45) is 11.1 Å². The van der Waals surface area contributed by atoms with Gasteiger partial charge >= 0.3 is 0 Å². The second-order valence-electron chi connectivity index (χ2n) is 5.19. The minimum absolute atomic E-state index is 0.0853. The zero-order valence-corrected chi connectivity index (χ0v) is 11.3. The Morgan fingerprint density at radius 3 is 2.22 bits per heavy atom. The van der Waals surface area contributed by atoms with Crippen LogP contribution in [0.3, 0.4) is 0 Å². The Morgan fingerprint density at radius 1 is 1.33 bits per heavy atom. The van der Waals surface area contributed by atoms with Crippen molar-refractivity contribution in [3.63, 3.8) is 0 Å². The molecule has 1 aromatic rings. The summed E-state index contributed by atoms with van der Waals surface area (Å²) in [7, 11) is -3.17. The van der Waals surface area contributed by atoms with Crippen LogP contribution in [0.1, 0.15) is 30.9 Å². The minimum atomic E-state index is -3.17. The van der Waals surface area contributed by atoms with Gasteiger partial charge < -0.3 is 10.8 Å². The minimum Gasteiger partial charge on any atom is -0.396 e. The highest BCUT2D eigenvalue weighted by Crippen LogP contribution is 2.48. The van der Waals surface area contributed by atoms with Crippen molar-refractivity contribution in [3.8, 4) is 0 Å². The molecule has 0 radical (unpaired) electrons. The highest BCUT2D eigenvalue weighted by atomic mass is 32.2. The molecule has 3 N–H and O–H groups in total. The Morgan fingerprint density at radius 2 is 1.89 bits per heavy atom. The third-order valence-electron chi connectivity index (χ3n) is 3.99. The van der Waals surface area contributed by atoms with Crippen molar-refractivity contribution in [1.29, 1.82) is 0 Å². The first-order valence-electron chi connectivity index (χ1n) is 6.05. The van der Waals surface area contributed by atoms with Crippen molar-refractivity contribution in [2.45, 2.75) is 30.2 Å². The van der Waals surface area contributed by atoms with E-state index in [1.807, 2.05) is 0 Å². The Bertz CT molecular complexity index is 512. The van der Waals surface area contributed by atoms with Gasteiger partial charge in [0, 0.05) is 17.7 Å². The maximum Gasteiger partial charge on any atom is 0.175 e. The van der Waals surface area contributed by atoms with Gasteiger partial charge in [0.2, 0.25) is 0 Å². The van der Waals surface area contributed by atoms with E-state index in [2.05, 4.69) is 0 Å². The van der Waals surface area contributed by atoms with E-state index in [1.54, 1.807) is 24.3 Å². The lowest BCUT2D eigenvalue weighted by atomic mass is 9.63. The van der Waals surface area contributed by atoms with Crippen LogP contribution >= 0.6 is 0 Å². The highest BCUT2D eigenvalue weighted by Gasteiger charge is 2.42. The van der Waals surface area contributed by atoms with Gasteiger partial charge in [-0.25, -0.2) is 8.42 Å². The molecule has 1 aliphatic carbocycles. The maximum atomic E-state index is 11.4. The molecule has 0 heterocycles. The lowest BCUT2D eigenvalue weighted by Crippen LogP contribution is -2.43. The average molecular weight is 269 g/mol. The first-order valence-corrected chi connectivity index (χ1v) is 7.95. The van der Waals surface area contributed by atoms with Crippen LogP contribution in [0.15, 0.2) is 29.2 Å². The van der Waals surface area contributed by atoms with E-state index < -0.39 is 9.84 Å². The van der Waals surface area contributed by atoms with Crippen molar-refractivity contribution < 1.29 is 13.5 Å². The van der Waals surface area contributed by atoms with Gasteiger partial charge in [0.15, 0.2) is 9.84 Å². The first-order chi connectivity index (χ1) is 8.39. The predicted molar refractivity (Wildman–Crippen MR) is 69.9 cm³/mol. The lowest BCUT2D eigenvalue weighted by molar-refractivity contribution is 0.0184. The van der Waals surface area contributed by atoms with Gasteiger partial charge in [-0.2, -0.15) is 0 Å². The van der Waals surface area contributed by atoms with Crippen LogP contribution in [-0.4, -0.2) is 26.4 Å². The van der Waals surface area contributed by atoms with Crippen LogP contribution in [0, 0.1) is 5.41 Å². The molecule has 4 nitrogen and oxygen atoms in total. The quantitative estimate of drug-likeness (QED) is 0.862. The third-order valence-corrected chi connectivity index (χ3v) is 5.12. The molecule has 1 atom stereocenters. The Balaban J connectivity index is 2.25. The molecule has 0 spiro atoms. The predicted octanol–water partition coefficient (Wildman–Crippen LogP) is 1.25. The molecule has 18 heavy (non-hydrogen) atoms. The van der Waals surface area contributed by atoms with Crippen molar-refractivity contribution in [3.05, 3.63) is 29.8 Å². The van der Waals surface area contributed by atoms with E-state index in [4.69, 9.17) is 5.73 Å². The molecule has 100 valence electrons. The fraction of sp³-hybridized carbons (Fsp3) is 0.538. The average Bonchev–Trinajstić information content (AvgIpc) is 2.27. The summed E-state index contributed by atoms with van der Waals surface area (Å²) in [6, 6.07) is 6.42. The van der Waals surface area contributed by atoms with Gasteiger partial charge in [0.1, 0.15) is 0 Å². The number of hydrogen-bond acceptors (Lipinski definition) is 4. The van der Waals surface area contributed by atoms with Gasteiger partial charge in [-0.3, -0.25) is 0 Å². The van der Waals surface area contributed by atoms with E-state index in [0.717, 1.165) is 24.8 Å². The van der Waals surface area contributed by atoms with Crippen LogP contribution in [0.2, 0.25) is 0 Å². The van der Waals surface area contributed by atoms with Gasteiger partial charge in [0.05, 0.1) is 11.5 Å². The summed E-state index contributed by atoms with van der Waals surface area (Å²) in [6.45, 7) is 0.0853. The fourth-order valence-corrected chi connectivity index (χ4v) is 3.10. The van der Waals surface area contributed by atoms with Crippen LogP contribution in [0.4, 0.5) is 0 Å². The van der Waals surface area contributed by atoms with Crippen LogP contribution < -0.4 is 5.73 Å². The number of hydrogen-bond donors (Lipinski definition) is 2. The summed E-state index contributed by atoms with van der Waals surface area (Å²) in [5.41, 5.74) is 6.87. The number of aliphatic hydroxyl groups is 1. The normalized spacial score (nSPS) is 20.2. The van der Waals surface area contributed by atoms with Gasteiger partial charge in [-0.1, -0.05) is 18.6 Å². The smallest absolute Gasteiger partial charge is 0.175 e. The standard InChI is InChI=1S/C13H19NO3S/c1-18(16,17)11-5-3-10(4-6-11)12(14)13(9-15)7-2-8-13/h3-6,12,15H,2,7-9,14H2,1H3. The van der Waals surface area contributed by atoms with Crippen molar-refractivity contribution in [2.75, 3.05) is 12.9 Å². The molecule has 0 aromatic heterocycles. The molecule has 2 rings (SSSR count). The number of benzene rings is 1. The SMILES string of the molecule is CS(=O)(=O)c1ccc(C(N)C2(CO)CCC2)cc1. The first kappa shape index (κ1) is 13.5. The molecular formula is C13H19NO3S. The van der Waals surface area contributed by atoms with Crippen LogP contribution in [0.5, 0.6) is 0 Å². The number of aliphatic hydroxyl groups excluding tert-OH is 1. The summed E-state index contributed by atoms with van der Waals surface area (Å²) in [4.78, 5) is 0.296. The molecule has 1 unspecified atom stereocenters. The molecule has 1 saturated carbocycles. The van der Waals surface area contributed by atoms with Gasteiger partial charge in [-0.15, -0.1) is 0 Å². The monoisotopic (exact) mass is 269 g/mol. The topological polar surface area (TPSA) is 80.4 Å². The summed E-state index contributed by atoms with van der Waals surface area (Å²) in [5, 5.41) is 9.48. The van der Waals surface area contributed by atoms with E-state index in [-0.39, 0.29) is 18.1 Å². The molecule has 1 aliphatic rings. The lowest BCUT2D eigenvalue weighted by Gasteiger charge is -2.45. The molecule has 0 amide bonds. The molecule has 0 aliphatic heterocycles.